The molecule has 3 N–H and O–H groups in total. The van der Waals surface area contributed by atoms with Gasteiger partial charge in [0.2, 0.25) is 0 Å². The van der Waals surface area contributed by atoms with Gasteiger partial charge in [-0.3, -0.25) is 4.79 Å². The highest BCUT2D eigenvalue weighted by atomic mass is 35.5. The van der Waals surface area contributed by atoms with Crippen LogP contribution < -0.4 is 5.32 Å². The fourth-order valence-electron chi connectivity index (χ4n) is 7.12. The third-order valence-corrected chi connectivity index (χ3v) is 10.4. The Bertz CT molecular complexity index is 1890. The van der Waals surface area contributed by atoms with Gasteiger partial charge in [0.15, 0.2) is 6.29 Å². The van der Waals surface area contributed by atoms with E-state index in [1.165, 1.54) is 0 Å². The number of carbonyl (C=O) groups is 1. The second kappa shape index (κ2) is 15.9. The summed E-state index contributed by atoms with van der Waals surface area (Å²) in [7, 11) is 0. The fraction of sp³-hybridized carbons (Fsp3) is 0.279. The van der Waals surface area contributed by atoms with Gasteiger partial charge in [-0.2, -0.15) is 0 Å². The van der Waals surface area contributed by atoms with Crippen molar-refractivity contribution < 1.29 is 24.5 Å². The number of rotatable bonds is 10. The van der Waals surface area contributed by atoms with E-state index < -0.39 is 11.9 Å². The molecule has 2 saturated heterocycles. The molecule has 2 fully saturated rings. The Balaban J connectivity index is 1.06. The van der Waals surface area contributed by atoms with Crippen molar-refractivity contribution >= 4 is 17.5 Å². The SMILES string of the molecule is O=C(NCc1ccccc1-c1ccc(C2OC(CN3CCC(O)(c4ccc(Cl)cc4)CC3)CC(c3ccc(CO)cc3)O2)cc1)c1ccccc1. The molecule has 5 aromatic carbocycles. The van der Waals surface area contributed by atoms with Crippen LogP contribution in [-0.2, 0) is 28.2 Å². The summed E-state index contributed by atoms with van der Waals surface area (Å²) in [6.07, 6.45) is 1.09. The lowest BCUT2D eigenvalue weighted by Gasteiger charge is -2.42. The predicted molar refractivity (Wildman–Crippen MR) is 199 cm³/mol. The summed E-state index contributed by atoms with van der Waals surface area (Å²) in [5.41, 5.74) is 6.60. The second-order valence-corrected chi connectivity index (χ2v) is 14.0. The highest BCUT2D eigenvalue weighted by Crippen LogP contribution is 2.40. The average Bonchev–Trinajstić information content (AvgIpc) is 3.18. The molecule has 2 aliphatic rings. The number of amides is 1. The minimum atomic E-state index is -0.870. The summed E-state index contributed by atoms with van der Waals surface area (Å²) < 4.78 is 13.3. The number of piperidine rings is 1. The maximum absolute atomic E-state index is 12.7. The molecule has 0 saturated carbocycles. The smallest absolute Gasteiger partial charge is 0.251 e. The first-order valence-corrected chi connectivity index (χ1v) is 18.0. The maximum Gasteiger partial charge on any atom is 0.251 e. The quantitative estimate of drug-likeness (QED) is 0.137. The molecular weight excluding hydrogens is 660 g/mol. The summed E-state index contributed by atoms with van der Waals surface area (Å²) in [5, 5.41) is 24.8. The molecule has 0 spiro atoms. The normalized spacial score (nSPS) is 20.5. The number of aliphatic hydroxyl groups is 2. The van der Waals surface area contributed by atoms with Crippen molar-refractivity contribution in [3.8, 4) is 11.1 Å². The van der Waals surface area contributed by atoms with Crippen LogP contribution >= 0.6 is 11.6 Å². The molecule has 3 unspecified atom stereocenters. The van der Waals surface area contributed by atoms with Gasteiger partial charge in [-0.05, 0) is 70.5 Å². The molecule has 0 bridgehead atoms. The number of benzene rings is 5. The summed E-state index contributed by atoms with van der Waals surface area (Å²) in [5.74, 6) is -0.107. The lowest BCUT2D eigenvalue weighted by Crippen LogP contribution is -2.46. The summed E-state index contributed by atoms with van der Waals surface area (Å²) in [6, 6.07) is 41.1. The number of halogens is 1. The van der Waals surface area contributed by atoms with Crippen LogP contribution in [0.25, 0.3) is 11.1 Å². The van der Waals surface area contributed by atoms with Crippen LogP contribution in [0.1, 0.15) is 69.8 Å². The van der Waals surface area contributed by atoms with Crippen molar-refractivity contribution in [2.45, 2.75) is 56.5 Å². The number of nitrogens with zero attached hydrogens (tertiary/aromatic N) is 1. The van der Waals surface area contributed by atoms with Gasteiger partial charge in [-0.25, -0.2) is 0 Å². The topological polar surface area (TPSA) is 91.3 Å². The van der Waals surface area contributed by atoms with Crippen molar-refractivity contribution in [3.63, 3.8) is 0 Å². The molecule has 8 heteroatoms. The van der Waals surface area contributed by atoms with Gasteiger partial charge in [0.05, 0.1) is 24.4 Å². The number of hydrogen-bond donors (Lipinski definition) is 3. The third kappa shape index (κ3) is 8.42. The van der Waals surface area contributed by atoms with Crippen molar-refractivity contribution in [2.75, 3.05) is 19.6 Å². The van der Waals surface area contributed by atoms with Gasteiger partial charge < -0.3 is 29.9 Å². The van der Waals surface area contributed by atoms with Crippen LogP contribution in [0.15, 0.2) is 127 Å². The van der Waals surface area contributed by atoms with Crippen molar-refractivity contribution in [1.82, 2.24) is 10.2 Å². The molecule has 51 heavy (non-hydrogen) atoms. The van der Waals surface area contributed by atoms with Crippen LogP contribution in [0.2, 0.25) is 5.02 Å². The first kappa shape index (κ1) is 35.1. The Kier molecular flexibility index (Phi) is 10.9. The molecule has 7 rings (SSSR count). The Labute approximate surface area is 304 Å². The maximum atomic E-state index is 12.7. The van der Waals surface area contributed by atoms with E-state index in [4.69, 9.17) is 21.1 Å². The van der Waals surface area contributed by atoms with Crippen molar-refractivity contribution in [3.05, 3.63) is 166 Å². The lowest BCUT2D eigenvalue weighted by atomic mass is 9.84. The van der Waals surface area contributed by atoms with Crippen molar-refractivity contribution in [2.24, 2.45) is 0 Å². The highest BCUT2D eigenvalue weighted by Gasteiger charge is 2.37. The van der Waals surface area contributed by atoms with Gasteiger partial charge in [0.25, 0.3) is 5.91 Å². The van der Waals surface area contributed by atoms with E-state index in [2.05, 4.69) is 40.5 Å². The number of aliphatic hydroxyl groups excluding tert-OH is 1. The number of hydrogen-bond acceptors (Lipinski definition) is 6. The zero-order chi connectivity index (χ0) is 35.2. The Morgan fingerprint density at radius 1 is 0.804 bits per heavy atom. The van der Waals surface area contributed by atoms with Gasteiger partial charge >= 0.3 is 0 Å². The summed E-state index contributed by atoms with van der Waals surface area (Å²) >= 11 is 6.10. The van der Waals surface area contributed by atoms with E-state index in [0.29, 0.717) is 36.4 Å². The lowest BCUT2D eigenvalue weighted by molar-refractivity contribution is -0.253. The first-order valence-electron chi connectivity index (χ1n) is 17.6. The molecule has 1 amide bonds. The molecule has 5 aromatic rings. The van der Waals surface area contributed by atoms with E-state index in [0.717, 1.165) is 58.6 Å². The van der Waals surface area contributed by atoms with Crippen LogP contribution in [0.5, 0.6) is 0 Å². The highest BCUT2D eigenvalue weighted by molar-refractivity contribution is 6.30. The molecular formula is C43H43ClN2O5. The minimum absolute atomic E-state index is 0.00757. The van der Waals surface area contributed by atoms with E-state index in [9.17, 15) is 15.0 Å². The Morgan fingerprint density at radius 2 is 1.47 bits per heavy atom. The average molecular weight is 703 g/mol. The Hall–Kier alpha value is -4.34. The molecule has 2 heterocycles. The zero-order valence-electron chi connectivity index (χ0n) is 28.5. The number of ether oxygens (including phenoxy) is 2. The second-order valence-electron chi connectivity index (χ2n) is 13.5. The van der Waals surface area contributed by atoms with E-state index >= 15 is 0 Å². The largest absolute Gasteiger partial charge is 0.392 e. The van der Waals surface area contributed by atoms with E-state index in [-0.39, 0.29) is 24.7 Å². The summed E-state index contributed by atoms with van der Waals surface area (Å²) in [6.45, 7) is 2.63. The molecule has 0 radical (unpaired) electrons. The first-order chi connectivity index (χ1) is 24.9. The molecule has 7 nitrogen and oxygen atoms in total. The Morgan fingerprint density at radius 3 is 2.18 bits per heavy atom. The summed E-state index contributed by atoms with van der Waals surface area (Å²) in [4.78, 5) is 15.1. The van der Waals surface area contributed by atoms with Crippen molar-refractivity contribution in [1.29, 1.82) is 0 Å². The van der Waals surface area contributed by atoms with Crippen LogP contribution in [0.3, 0.4) is 0 Å². The van der Waals surface area contributed by atoms with Crippen LogP contribution in [0, 0.1) is 0 Å². The molecule has 0 aromatic heterocycles. The van der Waals surface area contributed by atoms with Crippen LogP contribution in [0.4, 0.5) is 0 Å². The van der Waals surface area contributed by atoms with E-state index in [1.807, 2.05) is 97.1 Å². The van der Waals surface area contributed by atoms with Gasteiger partial charge in [-0.15, -0.1) is 0 Å². The monoisotopic (exact) mass is 702 g/mol. The molecule has 2 aliphatic heterocycles. The number of carbonyl (C=O) groups excluding carboxylic acids is 1. The number of nitrogens with one attached hydrogen (secondary N) is 1. The minimum Gasteiger partial charge on any atom is -0.392 e. The molecule has 0 aliphatic carbocycles. The molecule has 262 valence electrons. The standard InChI is InChI=1S/C43H43ClN2O5/c44-37-20-18-36(19-21-37)43(49)22-24-46(25-23-43)28-38-26-40(32-12-10-30(29-47)11-13-32)51-42(50-38)34-16-14-31(15-17-34)39-9-5-4-8-35(39)27-45-41(48)33-6-2-1-3-7-33/h1-21,38,40,42,47,49H,22-29H2,(H,45,48). The fourth-order valence-corrected chi connectivity index (χ4v) is 7.24. The van der Waals surface area contributed by atoms with Crippen LogP contribution in [-0.4, -0.2) is 46.8 Å². The predicted octanol–water partition coefficient (Wildman–Crippen LogP) is 7.96. The van der Waals surface area contributed by atoms with Gasteiger partial charge in [0, 0.05) is 48.7 Å². The third-order valence-electron chi connectivity index (χ3n) is 10.1. The van der Waals surface area contributed by atoms with Gasteiger partial charge in [0.1, 0.15) is 0 Å². The number of likely N-dealkylation sites (tertiary alicyclic amines) is 1. The van der Waals surface area contributed by atoms with E-state index in [1.54, 1.807) is 0 Å². The molecule has 3 atom stereocenters. The van der Waals surface area contributed by atoms with Gasteiger partial charge in [-0.1, -0.05) is 115 Å². The zero-order valence-corrected chi connectivity index (χ0v) is 29.2.